The highest BCUT2D eigenvalue weighted by atomic mass is 16.6. The molecule has 0 fully saturated rings. The average Bonchev–Trinajstić information content (AvgIpc) is 3.41. The van der Waals surface area contributed by atoms with Gasteiger partial charge in [-0.2, -0.15) is 0 Å². The number of hydrogen-bond donors (Lipinski definition) is 0. The van der Waals surface area contributed by atoms with Gasteiger partial charge >= 0.3 is 17.9 Å². The van der Waals surface area contributed by atoms with E-state index in [4.69, 9.17) is 14.2 Å². The molecular formula is C69H114O6. The number of hydrogen-bond acceptors (Lipinski definition) is 6. The van der Waals surface area contributed by atoms with Crippen LogP contribution in [0.1, 0.15) is 278 Å². The Kier molecular flexibility index (Phi) is 58.9. The van der Waals surface area contributed by atoms with Crippen LogP contribution in [0, 0.1) is 0 Å². The fourth-order valence-electron chi connectivity index (χ4n) is 8.27. The zero-order chi connectivity index (χ0) is 54.3. The second-order valence-electron chi connectivity index (χ2n) is 20.2. The van der Waals surface area contributed by atoms with Crippen molar-refractivity contribution in [3.63, 3.8) is 0 Å². The minimum Gasteiger partial charge on any atom is -0.462 e. The average molecular weight is 1040 g/mol. The minimum absolute atomic E-state index is 0.0889. The van der Waals surface area contributed by atoms with Crippen LogP contribution in [-0.2, 0) is 28.6 Å². The highest BCUT2D eigenvalue weighted by Gasteiger charge is 2.19. The van der Waals surface area contributed by atoms with E-state index in [1.165, 1.54) is 96.3 Å². The van der Waals surface area contributed by atoms with Gasteiger partial charge in [0.1, 0.15) is 13.2 Å². The fourth-order valence-corrected chi connectivity index (χ4v) is 8.27. The molecule has 0 radical (unpaired) electrons. The van der Waals surface area contributed by atoms with Crippen molar-refractivity contribution in [2.24, 2.45) is 0 Å². The van der Waals surface area contributed by atoms with Crippen LogP contribution in [0.2, 0.25) is 0 Å². The second kappa shape index (κ2) is 62.4. The molecule has 0 N–H and O–H groups in total. The number of ether oxygens (including phenoxy) is 3. The van der Waals surface area contributed by atoms with Crippen LogP contribution in [0.5, 0.6) is 0 Å². The molecule has 75 heavy (non-hydrogen) atoms. The van der Waals surface area contributed by atoms with Crippen molar-refractivity contribution in [3.05, 3.63) is 122 Å². The molecule has 0 heterocycles. The molecule has 6 nitrogen and oxygen atoms in total. The molecule has 6 heteroatoms. The van der Waals surface area contributed by atoms with Gasteiger partial charge in [0.15, 0.2) is 6.10 Å². The van der Waals surface area contributed by atoms with E-state index in [0.717, 1.165) is 141 Å². The standard InChI is InChI=1S/C69H114O6/c1-4-7-10-13-16-19-22-24-25-26-27-28-29-30-31-32-33-34-35-36-37-38-39-40-41-42-43-45-47-50-53-56-59-62-68(71)74-65-66(64-73-67(70)61-58-55-52-49-46-21-18-15-12-9-6-3)75-69(72)63-60-57-54-51-48-44-23-20-17-14-11-8-5-2/h7,10-11,14-16,18-20,23-25,27-28,30-31,33-34,36-37,66H,4-6,8-9,12-13,17,21-22,26,29,32,35,38-65H2,1-3H3/b10-7-,14-11-,18-15-,19-16-,23-20-,25-24-,28-27-,31-30-,34-33-,37-36-. The summed E-state index contributed by atoms with van der Waals surface area (Å²) in [7, 11) is 0. The number of unbranched alkanes of at least 4 members (excludes halogenated alkanes) is 24. The molecule has 426 valence electrons. The van der Waals surface area contributed by atoms with Crippen LogP contribution >= 0.6 is 0 Å². The lowest BCUT2D eigenvalue weighted by atomic mass is 10.0. The van der Waals surface area contributed by atoms with Crippen LogP contribution in [0.4, 0.5) is 0 Å². The summed E-state index contributed by atoms with van der Waals surface area (Å²) in [4.78, 5) is 38.1. The zero-order valence-electron chi connectivity index (χ0n) is 48.8. The van der Waals surface area contributed by atoms with E-state index in [9.17, 15) is 14.4 Å². The van der Waals surface area contributed by atoms with Crippen molar-refractivity contribution in [2.45, 2.75) is 284 Å². The zero-order valence-corrected chi connectivity index (χ0v) is 48.8. The molecular weight excluding hydrogens is 925 g/mol. The Balaban J connectivity index is 4.18. The number of allylic oxidation sites excluding steroid dienone is 20. The Morgan fingerprint density at radius 1 is 0.280 bits per heavy atom. The quantitative estimate of drug-likeness (QED) is 0.0261. The third-order valence-electron chi connectivity index (χ3n) is 12.9. The van der Waals surface area contributed by atoms with Crippen molar-refractivity contribution in [1.82, 2.24) is 0 Å². The predicted octanol–water partition coefficient (Wildman–Crippen LogP) is 21.2. The van der Waals surface area contributed by atoms with Crippen molar-refractivity contribution in [3.8, 4) is 0 Å². The van der Waals surface area contributed by atoms with Gasteiger partial charge in [-0.05, 0) is 122 Å². The lowest BCUT2D eigenvalue weighted by molar-refractivity contribution is -0.167. The van der Waals surface area contributed by atoms with E-state index in [2.05, 4.69) is 142 Å². The summed E-state index contributed by atoms with van der Waals surface area (Å²) in [6, 6.07) is 0. The molecule has 0 rings (SSSR count). The first-order valence-corrected chi connectivity index (χ1v) is 31.0. The molecule has 0 saturated heterocycles. The SMILES string of the molecule is CC/C=C\C/C=C\C/C=C\C/C=C\C/C=C\C/C=C\C/C=C\CCCCCCCCCCCCCC(=O)OCC(COC(=O)CCCCCCC/C=C\CCCC)OC(=O)CCCCCCC/C=C\C/C=C\CCC. The third-order valence-corrected chi connectivity index (χ3v) is 12.9. The molecule has 0 spiro atoms. The van der Waals surface area contributed by atoms with Gasteiger partial charge in [0, 0.05) is 19.3 Å². The third kappa shape index (κ3) is 60.6. The molecule has 0 aliphatic rings. The van der Waals surface area contributed by atoms with E-state index < -0.39 is 6.10 Å². The van der Waals surface area contributed by atoms with Crippen molar-refractivity contribution >= 4 is 17.9 Å². The first kappa shape index (κ1) is 70.8. The van der Waals surface area contributed by atoms with Gasteiger partial charge in [0.05, 0.1) is 0 Å². The number of esters is 3. The van der Waals surface area contributed by atoms with Gasteiger partial charge in [-0.3, -0.25) is 14.4 Å². The summed E-state index contributed by atoms with van der Waals surface area (Å²) in [5.74, 6) is -0.916. The van der Waals surface area contributed by atoms with Gasteiger partial charge in [0.2, 0.25) is 0 Å². The Bertz CT molecular complexity index is 1570. The summed E-state index contributed by atoms with van der Waals surface area (Å²) in [6.07, 6.45) is 86.4. The highest BCUT2D eigenvalue weighted by Crippen LogP contribution is 2.15. The van der Waals surface area contributed by atoms with E-state index in [-0.39, 0.29) is 31.1 Å². The topological polar surface area (TPSA) is 78.9 Å². The lowest BCUT2D eigenvalue weighted by Crippen LogP contribution is -2.30. The molecule has 0 aromatic heterocycles. The maximum Gasteiger partial charge on any atom is 0.306 e. The van der Waals surface area contributed by atoms with Crippen LogP contribution < -0.4 is 0 Å². The Morgan fingerprint density at radius 2 is 0.547 bits per heavy atom. The van der Waals surface area contributed by atoms with Gasteiger partial charge in [-0.15, -0.1) is 0 Å². The normalized spacial score (nSPS) is 12.9. The van der Waals surface area contributed by atoms with Gasteiger partial charge in [-0.25, -0.2) is 0 Å². The van der Waals surface area contributed by atoms with Crippen molar-refractivity contribution < 1.29 is 28.6 Å². The first-order valence-electron chi connectivity index (χ1n) is 31.0. The maximum absolute atomic E-state index is 12.8. The highest BCUT2D eigenvalue weighted by molar-refractivity contribution is 5.71. The van der Waals surface area contributed by atoms with E-state index in [0.29, 0.717) is 19.3 Å². The van der Waals surface area contributed by atoms with Gasteiger partial charge in [-0.1, -0.05) is 258 Å². The van der Waals surface area contributed by atoms with Gasteiger partial charge in [0.25, 0.3) is 0 Å². The van der Waals surface area contributed by atoms with E-state index in [1.807, 2.05) is 0 Å². The van der Waals surface area contributed by atoms with Crippen LogP contribution in [0.25, 0.3) is 0 Å². The van der Waals surface area contributed by atoms with E-state index >= 15 is 0 Å². The maximum atomic E-state index is 12.8. The fraction of sp³-hybridized carbons (Fsp3) is 0.667. The Morgan fingerprint density at radius 3 is 0.880 bits per heavy atom. The van der Waals surface area contributed by atoms with Gasteiger partial charge < -0.3 is 14.2 Å². The molecule has 1 atom stereocenters. The van der Waals surface area contributed by atoms with Crippen molar-refractivity contribution in [2.75, 3.05) is 13.2 Å². The largest absolute Gasteiger partial charge is 0.462 e. The monoisotopic (exact) mass is 1040 g/mol. The van der Waals surface area contributed by atoms with Crippen LogP contribution in [-0.4, -0.2) is 37.2 Å². The van der Waals surface area contributed by atoms with E-state index in [1.54, 1.807) is 0 Å². The lowest BCUT2D eigenvalue weighted by Gasteiger charge is -2.18. The molecule has 0 aromatic carbocycles. The summed E-state index contributed by atoms with van der Waals surface area (Å²) < 4.78 is 16.8. The molecule has 0 aliphatic carbocycles. The number of rotatable bonds is 55. The number of carbonyl (C=O) groups is 3. The summed E-state index contributed by atoms with van der Waals surface area (Å²) in [6.45, 7) is 6.40. The molecule has 0 amide bonds. The molecule has 0 aromatic rings. The first-order chi connectivity index (χ1) is 37.0. The predicted molar refractivity (Wildman–Crippen MR) is 325 cm³/mol. The molecule has 0 saturated carbocycles. The Hall–Kier alpha value is -4.19. The summed E-state index contributed by atoms with van der Waals surface area (Å²) in [5.41, 5.74) is 0. The molecule has 1 unspecified atom stereocenters. The molecule has 0 aliphatic heterocycles. The summed E-state index contributed by atoms with van der Waals surface area (Å²) >= 11 is 0. The summed E-state index contributed by atoms with van der Waals surface area (Å²) in [5, 5.41) is 0. The Labute approximate surface area is 462 Å². The second-order valence-corrected chi connectivity index (χ2v) is 20.2. The molecule has 0 bridgehead atoms. The van der Waals surface area contributed by atoms with Crippen molar-refractivity contribution in [1.29, 1.82) is 0 Å². The number of carbonyl (C=O) groups excluding carboxylic acids is 3. The van der Waals surface area contributed by atoms with Crippen LogP contribution in [0.15, 0.2) is 122 Å². The smallest absolute Gasteiger partial charge is 0.306 e. The van der Waals surface area contributed by atoms with Crippen LogP contribution in [0.3, 0.4) is 0 Å². The minimum atomic E-state index is -0.791.